The number of rotatable bonds is 9. The molecule has 0 radical (unpaired) electrons. The molecular formula is C23H30N4O5S. The SMILES string of the molecule is CC1=C(C(=O)NC(Cc2ccccc2)C(=O)O)N2C(=O)C(NC(=O)C(N)CC(C)C)C2SC1. The van der Waals surface area contributed by atoms with Gasteiger partial charge in [-0.15, -0.1) is 11.8 Å². The third-order valence-electron chi connectivity index (χ3n) is 5.62. The molecule has 1 aromatic rings. The second-order valence-electron chi connectivity index (χ2n) is 8.82. The number of carboxylic acid groups (broad SMARTS) is 1. The van der Waals surface area contributed by atoms with E-state index in [9.17, 15) is 24.3 Å². The molecule has 3 amide bonds. The van der Waals surface area contributed by atoms with E-state index in [0.717, 1.165) is 5.56 Å². The Hall–Kier alpha value is -2.85. The van der Waals surface area contributed by atoms with E-state index in [1.807, 2.05) is 19.9 Å². The van der Waals surface area contributed by atoms with E-state index in [2.05, 4.69) is 10.6 Å². The van der Waals surface area contributed by atoms with Crippen molar-refractivity contribution in [1.29, 1.82) is 0 Å². The number of nitrogens with two attached hydrogens (primary N) is 1. The number of carbonyl (C=O) groups is 4. The number of benzene rings is 1. The molecule has 2 aliphatic rings. The van der Waals surface area contributed by atoms with E-state index in [-0.39, 0.29) is 18.0 Å². The summed E-state index contributed by atoms with van der Waals surface area (Å²) >= 11 is 1.44. The zero-order valence-corrected chi connectivity index (χ0v) is 19.7. The lowest BCUT2D eigenvalue weighted by Gasteiger charge is -2.50. The zero-order valence-electron chi connectivity index (χ0n) is 18.9. The van der Waals surface area contributed by atoms with Gasteiger partial charge in [-0.25, -0.2) is 4.79 Å². The smallest absolute Gasteiger partial charge is 0.326 e. The second kappa shape index (κ2) is 10.4. The number of aliphatic carboxylic acids is 1. The Morgan fingerprint density at radius 2 is 1.91 bits per heavy atom. The number of amides is 3. The van der Waals surface area contributed by atoms with Crippen molar-refractivity contribution in [3.8, 4) is 0 Å². The summed E-state index contributed by atoms with van der Waals surface area (Å²) in [5, 5.41) is 14.4. The highest BCUT2D eigenvalue weighted by molar-refractivity contribution is 8.00. The van der Waals surface area contributed by atoms with Gasteiger partial charge >= 0.3 is 5.97 Å². The fraction of sp³-hybridized carbons (Fsp3) is 0.478. The normalized spacial score (nSPS) is 21.7. The summed E-state index contributed by atoms with van der Waals surface area (Å²) in [6, 6.07) is 6.37. The van der Waals surface area contributed by atoms with Gasteiger partial charge in [-0.1, -0.05) is 44.2 Å². The van der Waals surface area contributed by atoms with Crippen molar-refractivity contribution in [3.05, 3.63) is 47.2 Å². The van der Waals surface area contributed by atoms with E-state index in [1.165, 1.54) is 16.7 Å². The minimum Gasteiger partial charge on any atom is -0.480 e. The maximum Gasteiger partial charge on any atom is 0.326 e. The molecule has 1 fully saturated rings. The number of carboxylic acids is 1. The Balaban J connectivity index is 1.69. The largest absolute Gasteiger partial charge is 0.480 e. The molecule has 2 aliphatic heterocycles. The van der Waals surface area contributed by atoms with Crippen molar-refractivity contribution < 1.29 is 24.3 Å². The third kappa shape index (κ3) is 5.56. The first kappa shape index (κ1) is 24.8. The van der Waals surface area contributed by atoms with Gasteiger partial charge in [-0.05, 0) is 30.4 Å². The number of nitrogens with zero attached hydrogens (tertiary/aromatic N) is 1. The third-order valence-corrected chi connectivity index (χ3v) is 7.04. The van der Waals surface area contributed by atoms with Crippen molar-refractivity contribution in [3.63, 3.8) is 0 Å². The number of hydrogen-bond donors (Lipinski definition) is 4. The van der Waals surface area contributed by atoms with Crippen LogP contribution in [0.5, 0.6) is 0 Å². The van der Waals surface area contributed by atoms with Crippen LogP contribution in [0.15, 0.2) is 41.6 Å². The van der Waals surface area contributed by atoms with Gasteiger partial charge < -0.3 is 21.5 Å². The number of β-lactam (4-membered cyclic amide) rings is 1. The van der Waals surface area contributed by atoms with Crippen LogP contribution in [0.4, 0.5) is 0 Å². The molecule has 5 N–H and O–H groups in total. The molecular weight excluding hydrogens is 444 g/mol. The van der Waals surface area contributed by atoms with Crippen LogP contribution in [0.2, 0.25) is 0 Å². The molecule has 178 valence electrons. The maximum absolute atomic E-state index is 13.1. The van der Waals surface area contributed by atoms with Gasteiger partial charge in [0.2, 0.25) is 5.91 Å². The predicted molar refractivity (Wildman–Crippen MR) is 125 cm³/mol. The topological polar surface area (TPSA) is 142 Å². The summed E-state index contributed by atoms with van der Waals surface area (Å²) in [5.41, 5.74) is 7.53. The summed E-state index contributed by atoms with van der Waals surface area (Å²) in [6.45, 7) is 5.66. The molecule has 33 heavy (non-hydrogen) atoms. The fourth-order valence-electron chi connectivity index (χ4n) is 3.94. The van der Waals surface area contributed by atoms with Crippen LogP contribution in [0.25, 0.3) is 0 Å². The van der Waals surface area contributed by atoms with Crippen molar-refractivity contribution in [2.45, 2.75) is 57.1 Å². The quantitative estimate of drug-likeness (QED) is 0.389. The Morgan fingerprint density at radius 3 is 2.52 bits per heavy atom. The van der Waals surface area contributed by atoms with Gasteiger partial charge in [0.1, 0.15) is 23.2 Å². The zero-order chi connectivity index (χ0) is 24.3. The molecule has 1 saturated heterocycles. The molecule has 9 nitrogen and oxygen atoms in total. The maximum atomic E-state index is 13.1. The van der Waals surface area contributed by atoms with Crippen molar-refractivity contribution in [2.24, 2.45) is 11.7 Å². The predicted octanol–water partition coefficient (Wildman–Crippen LogP) is 0.846. The molecule has 3 rings (SSSR count). The van der Waals surface area contributed by atoms with Crippen molar-refractivity contribution in [2.75, 3.05) is 5.75 Å². The summed E-state index contributed by atoms with van der Waals surface area (Å²) in [5.74, 6) is -1.85. The van der Waals surface area contributed by atoms with Gasteiger partial charge in [-0.3, -0.25) is 19.3 Å². The van der Waals surface area contributed by atoms with Gasteiger partial charge in [0.15, 0.2) is 0 Å². The molecule has 4 unspecified atom stereocenters. The average Bonchev–Trinajstić information content (AvgIpc) is 2.76. The molecule has 0 bridgehead atoms. The van der Waals surface area contributed by atoms with Crippen LogP contribution >= 0.6 is 11.8 Å². The van der Waals surface area contributed by atoms with E-state index in [4.69, 9.17) is 5.73 Å². The molecule has 0 spiro atoms. The Kier molecular flexibility index (Phi) is 7.80. The molecule has 10 heteroatoms. The summed E-state index contributed by atoms with van der Waals surface area (Å²) in [4.78, 5) is 51.5. The minimum atomic E-state index is -1.16. The molecule has 2 heterocycles. The monoisotopic (exact) mass is 474 g/mol. The van der Waals surface area contributed by atoms with Crippen LogP contribution < -0.4 is 16.4 Å². The highest BCUT2D eigenvalue weighted by Gasteiger charge is 2.54. The van der Waals surface area contributed by atoms with Crippen LogP contribution in [0, 0.1) is 5.92 Å². The fourth-order valence-corrected chi connectivity index (χ4v) is 5.24. The second-order valence-corrected chi connectivity index (χ2v) is 9.92. The summed E-state index contributed by atoms with van der Waals surface area (Å²) in [7, 11) is 0. The first-order chi connectivity index (χ1) is 15.6. The number of carbonyl (C=O) groups excluding carboxylic acids is 3. The minimum absolute atomic E-state index is 0.118. The van der Waals surface area contributed by atoms with E-state index < -0.39 is 47.2 Å². The molecule has 4 atom stereocenters. The number of nitrogens with one attached hydrogen (secondary N) is 2. The lowest BCUT2D eigenvalue weighted by atomic mass is 10.00. The lowest BCUT2D eigenvalue weighted by Crippen LogP contribution is -2.72. The van der Waals surface area contributed by atoms with Crippen LogP contribution in [-0.4, -0.2) is 62.9 Å². The van der Waals surface area contributed by atoms with Gasteiger partial charge in [0, 0.05) is 12.2 Å². The van der Waals surface area contributed by atoms with Crippen LogP contribution in [-0.2, 0) is 25.6 Å². The molecule has 0 aliphatic carbocycles. The van der Waals surface area contributed by atoms with E-state index in [0.29, 0.717) is 17.7 Å². The number of thioether (sulfide) groups is 1. The molecule has 0 aromatic heterocycles. The Morgan fingerprint density at radius 1 is 1.24 bits per heavy atom. The van der Waals surface area contributed by atoms with Gasteiger partial charge in [-0.2, -0.15) is 0 Å². The first-order valence-corrected chi connectivity index (χ1v) is 11.9. The van der Waals surface area contributed by atoms with Crippen molar-refractivity contribution >= 4 is 35.5 Å². The standard InChI is InChI=1S/C23H30N4O5S/c1-12(2)9-15(24)19(28)26-17-21(30)27-18(13(3)11-33-22(17)27)20(29)25-16(23(31)32)10-14-7-5-4-6-8-14/h4-8,12,15-17,22H,9-11,24H2,1-3H3,(H,25,29)(H,26,28)(H,31,32). The molecule has 1 aromatic carbocycles. The van der Waals surface area contributed by atoms with Gasteiger partial charge in [0.05, 0.1) is 6.04 Å². The summed E-state index contributed by atoms with van der Waals surface area (Å²) in [6.07, 6.45) is 0.617. The Labute approximate surface area is 197 Å². The highest BCUT2D eigenvalue weighted by atomic mass is 32.2. The Bertz CT molecular complexity index is 965. The number of fused-ring (bicyclic) bond motifs is 1. The molecule has 0 saturated carbocycles. The van der Waals surface area contributed by atoms with E-state index in [1.54, 1.807) is 31.2 Å². The summed E-state index contributed by atoms with van der Waals surface area (Å²) < 4.78 is 0. The average molecular weight is 475 g/mol. The van der Waals surface area contributed by atoms with Crippen molar-refractivity contribution in [1.82, 2.24) is 15.5 Å². The lowest BCUT2D eigenvalue weighted by molar-refractivity contribution is -0.148. The van der Waals surface area contributed by atoms with Gasteiger partial charge in [0.25, 0.3) is 11.8 Å². The first-order valence-electron chi connectivity index (χ1n) is 10.9. The number of hydrogen-bond acceptors (Lipinski definition) is 6. The van der Waals surface area contributed by atoms with E-state index >= 15 is 0 Å². The van der Waals surface area contributed by atoms with Crippen LogP contribution in [0.1, 0.15) is 32.8 Å². The highest BCUT2D eigenvalue weighted by Crippen LogP contribution is 2.40. The van der Waals surface area contributed by atoms with Crippen LogP contribution in [0.3, 0.4) is 0 Å².